The molecule has 0 aliphatic carbocycles. The number of rotatable bonds is 11. The van der Waals surface area contributed by atoms with Crippen molar-refractivity contribution in [1.82, 2.24) is 15.0 Å². The first kappa shape index (κ1) is 27.8. The highest BCUT2D eigenvalue weighted by Crippen LogP contribution is 2.33. The van der Waals surface area contributed by atoms with E-state index < -0.39 is 55.2 Å². The number of aliphatic hydroxyl groups is 4. The fourth-order valence-corrected chi connectivity index (χ4v) is 4.36. The number of nitrogens with two attached hydrogens (primary N) is 1. The lowest BCUT2D eigenvalue weighted by molar-refractivity contribution is -0.309. The van der Waals surface area contributed by atoms with Crippen LogP contribution in [0.5, 0.6) is 0 Å². The van der Waals surface area contributed by atoms with Crippen molar-refractivity contribution in [2.24, 2.45) is 5.73 Å². The van der Waals surface area contributed by atoms with E-state index >= 15 is 0 Å². The van der Waals surface area contributed by atoms with Gasteiger partial charge < -0.3 is 40.7 Å². The Kier molecular flexibility index (Phi) is 8.84. The molecule has 7 N–H and O–H groups in total. The van der Waals surface area contributed by atoms with Crippen LogP contribution in [0.2, 0.25) is 0 Å². The van der Waals surface area contributed by atoms with E-state index in [9.17, 15) is 25.2 Å². The van der Waals surface area contributed by atoms with Crippen LogP contribution < -0.4 is 5.73 Å². The van der Waals surface area contributed by atoms with E-state index in [2.05, 4.69) is 10.3 Å². The second-order valence-corrected chi connectivity index (χ2v) is 9.24. The fourth-order valence-electron chi connectivity index (χ4n) is 4.36. The van der Waals surface area contributed by atoms with E-state index in [1.807, 2.05) is 54.6 Å². The maximum Gasteiger partial charge on any atom is 0.364 e. The van der Waals surface area contributed by atoms with Gasteiger partial charge in [0.25, 0.3) is 5.79 Å². The molecule has 0 spiro atoms. The number of hydrogen-bond acceptors (Lipinski definition) is 10. The second kappa shape index (κ2) is 12.1. The summed E-state index contributed by atoms with van der Waals surface area (Å²) in [7, 11) is 0. The van der Waals surface area contributed by atoms with E-state index in [4.69, 9.17) is 20.3 Å². The van der Waals surface area contributed by atoms with E-state index in [0.29, 0.717) is 18.7 Å². The minimum atomic E-state index is -2.29. The summed E-state index contributed by atoms with van der Waals surface area (Å²) < 4.78 is 12.7. The average molecular weight is 529 g/mol. The van der Waals surface area contributed by atoms with Crippen LogP contribution in [-0.2, 0) is 20.8 Å². The number of ether oxygens (including phenoxy) is 2. The van der Waals surface area contributed by atoms with Crippen LogP contribution >= 0.6 is 0 Å². The van der Waals surface area contributed by atoms with Crippen molar-refractivity contribution in [3.63, 3.8) is 0 Å². The molecule has 12 heteroatoms. The van der Waals surface area contributed by atoms with Gasteiger partial charge in [0.15, 0.2) is 0 Å². The molecule has 4 rings (SSSR count). The van der Waals surface area contributed by atoms with E-state index in [1.165, 1.54) is 0 Å². The Bertz CT molecular complexity index is 1190. The van der Waals surface area contributed by atoms with Crippen LogP contribution in [0.4, 0.5) is 0 Å². The highest BCUT2D eigenvalue weighted by molar-refractivity contribution is 5.76. The van der Waals surface area contributed by atoms with Crippen LogP contribution in [0.15, 0.2) is 60.8 Å². The Morgan fingerprint density at radius 1 is 1.13 bits per heavy atom. The largest absolute Gasteiger partial charge is 0.477 e. The third-order valence-corrected chi connectivity index (χ3v) is 6.56. The van der Waals surface area contributed by atoms with Gasteiger partial charge in [0, 0.05) is 18.5 Å². The number of carboxylic acid groups (broad SMARTS) is 1. The molecule has 1 fully saturated rings. The third-order valence-electron chi connectivity index (χ3n) is 6.56. The summed E-state index contributed by atoms with van der Waals surface area (Å²) in [5, 5.41) is 57.6. The maximum absolute atomic E-state index is 12.1. The summed E-state index contributed by atoms with van der Waals surface area (Å²) in [6, 6.07) is 16.8. The number of carbonyl (C=O) groups is 1. The lowest BCUT2D eigenvalue weighted by atomic mass is 9.89. The number of benzene rings is 2. The number of carboxylic acids is 1. The van der Waals surface area contributed by atoms with E-state index in [1.54, 1.807) is 10.9 Å². The van der Waals surface area contributed by atoms with Crippen molar-refractivity contribution in [3.05, 3.63) is 60.8 Å². The van der Waals surface area contributed by atoms with Crippen molar-refractivity contribution in [1.29, 1.82) is 0 Å². The highest BCUT2D eigenvalue weighted by atomic mass is 16.7. The molecule has 3 aromatic rings. The molecular formula is C26H32N4O8. The second-order valence-electron chi connectivity index (χ2n) is 9.24. The van der Waals surface area contributed by atoms with Gasteiger partial charge >= 0.3 is 5.97 Å². The Balaban J connectivity index is 1.35. The number of aliphatic carboxylic acids is 1. The number of aliphatic hydroxyl groups excluding tert-OH is 4. The number of aryl methyl sites for hydroxylation is 1. The lowest BCUT2D eigenvalue weighted by Gasteiger charge is -2.45. The lowest BCUT2D eigenvalue weighted by Crippen LogP contribution is -2.66. The van der Waals surface area contributed by atoms with Gasteiger partial charge in [-0.25, -0.2) is 4.79 Å². The van der Waals surface area contributed by atoms with Gasteiger partial charge in [-0.1, -0.05) is 59.8 Å². The first-order valence-corrected chi connectivity index (χ1v) is 12.3. The Morgan fingerprint density at radius 2 is 1.79 bits per heavy atom. The summed E-state index contributed by atoms with van der Waals surface area (Å²) in [6.07, 6.45) is -4.62. The van der Waals surface area contributed by atoms with Gasteiger partial charge in [-0.2, -0.15) is 0 Å². The van der Waals surface area contributed by atoms with Gasteiger partial charge in [0.1, 0.15) is 24.0 Å². The molecule has 204 valence electrons. The van der Waals surface area contributed by atoms with Crippen LogP contribution in [0.3, 0.4) is 0 Å². The molecule has 2 heterocycles. The average Bonchev–Trinajstić information content (AvgIpc) is 3.41. The molecule has 38 heavy (non-hydrogen) atoms. The normalized spacial score (nSPS) is 25.1. The van der Waals surface area contributed by atoms with Crippen molar-refractivity contribution >= 4 is 5.97 Å². The van der Waals surface area contributed by atoms with Crippen molar-refractivity contribution in [3.8, 4) is 22.4 Å². The summed E-state index contributed by atoms with van der Waals surface area (Å²) in [6.45, 7) is -0.523. The molecule has 1 saturated heterocycles. The summed E-state index contributed by atoms with van der Waals surface area (Å²) in [4.78, 5) is 12.1. The molecule has 6 atom stereocenters. The fraction of sp³-hybridized carbons (Fsp3) is 0.423. The number of hydrogen-bond donors (Lipinski definition) is 6. The smallest absolute Gasteiger partial charge is 0.364 e. The molecule has 0 radical (unpaired) electrons. The quantitative estimate of drug-likeness (QED) is 0.183. The SMILES string of the molecule is N[C@H]1[C@H]([C@H](O)[C@H](O)CO)O[C@@](OCCCn2cc(-c3ccc(-c4ccccc4)cc3)nn2)(C(=O)O)C[C@@H]1O. The molecule has 2 aromatic carbocycles. The van der Waals surface area contributed by atoms with Crippen molar-refractivity contribution in [2.75, 3.05) is 13.2 Å². The minimum Gasteiger partial charge on any atom is -0.477 e. The zero-order chi connectivity index (χ0) is 27.3. The van der Waals surface area contributed by atoms with E-state index in [-0.39, 0.29) is 6.61 Å². The van der Waals surface area contributed by atoms with E-state index in [0.717, 1.165) is 16.7 Å². The van der Waals surface area contributed by atoms with Gasteiger partial charge in [-0.3, -0.25) is 4.68 Å². The Hall–Kier alpha value is -3.23. The Labute approximate surface area is 218 Å². The minimum absolute atomic E-state index is 0.0827. The van der Waals surface area contributed by atoms with Gasteiger partial charge in [0.2, 0.25) is 0 Å². The van der Waals surface area contributed by atoms with Crippen LogP contribution in [0, 0.1) is 0 Å². The van der Waals surface area contributed by atoms with Gasteiger partial charge in [0.05, 0.1) is 31.6 Å². The predicted molar refractivity (Wildman–Crippen MR) is 134 cm³/mol. The predicted octanol–water partition coefficient (Wildman–Crippen LogP) is -0.00910. The Morgan fingerprint density at radius 3 is 2.45 bits per heavy atom. The first-order chi connectivity index (χ1) is 18.2. The molecule has 0 amide bonds. The van der Waals surface area contributed by atoms with Crippen molar-refractivity contribution < 1.29 is 39.8 Å². The standard InChI is InChI=1S/C26H32N4O8/c27-22-20(32)13-26(25(35)36,38-24(22)23(34)21(33)15-31)37-12-4-11-30-14-19(28-29-30)18-9-7-17(8-10-18)16-5-2-1-3-6-16/h1-3,5-10,14,20-24,31-34H,4,11-13,15,27H2,(H,35,36)/t20-,21+,22+,23+,24+,26+/m0/s1. The number of nitrogens with zero attached hydrogens (tertiary/aromatic N) is 3. The molecule has 0 saturated carbocycles. The maximum atomic E-state index is 12.1. The molecule has 1 aliphatic heterocycles. The van der Waals surface area contributed by atoms with Crippen molar-refractivity contribution in [2.45, 2.75) is 55.6 Å². The van der Waals surface area contributed by atoms with Gasteiger partial charge in [-0.05, 0) is 17.5 Å². The third kappa shape index (κ3) is 6.08. The zero-order valence-corrected chi connectivity index (χ0v) is 20.6. The topological polar surface area (TPSA) is 193 Å². The summed E-state index contributed by atoms with van der Waals surface area (Å²) in [5.74, 6) is -3.80. The molecule has 1 aromatic heterocycles. The monoisotopic (exact) mass is 528 g/mol. The number of aromatic nitrogens is 3. The van der Waals surface area contributed by atoms with Gasteiger partial charge in [-0.15, -0.1) is 5.10 Å². The summed E-state index contributed by atoms with van der Waals surface area (Å²) >= 11 is 0. The van der Waals surface area contributed by atoms with Crippen LogP contribution in [0.1, 0.15) is 12.8 Å². The highest BCUT2D eigenvalue weighted by Gasteiger charge is 2.54. The van der Waals surface area contributed by atoms with Crippen LogP contribution in [0.25, 0.3) is 22.4 Å². The first-order valence-electron chi connectivity index (χ1n) is 12.3. The molecule has 0 bridgehead atoms. The molecular weight excluding hydrogens is 496 g/mol. The molecule has 12 nitrogen and oxygen atoms in total. The summed E-state index contributed by atoms with van der Waals surface area (Å²) in [5.41, 5.74) is 9.64. The van der Waals surface area contributed by atoms with Crippen LogP contribution in [-0.4, -0.2) is 96.0 Å². The molecule has 1 aliphatic rings. The molecule has 0 unspecified atom stereocenters. The zero-order valence-electron chi connectivity index (χ0n) is 20.6.